The molecule has 0 aromatic heterocycles. The van der Waals surface area contributed by atoms with Crippen LogP contribution in [0.2, 0.25) is 0 Å². The van der Waals surface area contributed by atoms with Crippen LogP contribution in [0, 0.1) is 46.3 Å². The zero-order valence-corrected chi connectivity index (χ0v) is 11.1. The van der Waals surface area contributed by atoms with Crippen LogP contribution in [0.4, 0.5) is 0 Å². The molecular formula is C13H13IN2. The van der Waals surface area contributed by atoms with Crippen molar-refractivity contribution < 1.29 is 0 Å². The Kier molecular flexibility index (Phi) is 2.47. The number of allylic oxidation sites excluding steroid dienone is 2. The van der Waals surface area contributed by atoms with E-state index >= 15 is 0 Å². The molecule has 4 bridgehead atoms. The molecule has 5 atom stereocenters. The Hall–Kier alpha value is -0.550. The fraction of sp³-hybridized carbons (Fsp3) is 0.692. The van der Waals surface area contributed by atoms with Crippen molar-refractivity contribution in [2.24, 2.45) is 23.7 Å². The van der Waals surface area contributed by atoms with Crippen LogP contribution < -0.4 is 0 Å². The van der Waals surface area contributed by atoms with Crippen molar-refractivity contribution in [2.75, 3.05) is 0 Å². The SMILES string of the molecule is N#CC(C#N)=C1C2CC3CC(C2)[C@@H](I)C1C3. The Morgan fingerprint density at radius 3 is 2.56 bits per heavy atom. The number of hydrogen-bond donors (Lipinski definition) is 0. The van der Waals surface area contributed by atoms with E-state index in [9.17, 15) is 0 Å². The van der Waals surface area contributed by atoms with Crippen molar-refractivity contribution in [1.29, 1.82) is 10.5 Å². The minimum Gasteiger partial charge on any atom is -0.192 e. The Morgan fingerprint density at radius 2 is 1.88 bits per heavy atom. The Morgan fingerprint density at radius 1 is 1.12 bits per heavy atom. The van der Waals surface area contributed by atoms with Gasteiger partial charge in [-0.15, -0.1) is 0 Å². The molecule has 0 spiro atoms. The van der Waals surface area contributed by atoms with E-state index in [1.807, 2.05) is 0 Å². The maximum atomic E-state index is 9.06. The zero-order chi connectivity index (χ0) is 11.3. The topological polar surface area (TPSA) is 47.6 Å². The molecule has 0 aromatic carbocycles. The van der Waals surface area contributed by atoms with E-state index in [0.717, 1.165) is 11.8 Å². The molecule has 0 heterocycles. The summed E-state index contributed by atoms with van der Waals surface area (Å²) in [6, 6.07) is 4.23. The molecule has 0 saturated heterocycles. The van der Waals surface area contributed by atoms with Crippen molar-refractivity contribution in [1.82, 2.24) is 0 Å². The van der Waals surface area contributed by atoms with Gasteiger partial charge in [0.05, 0.1) is 0 Å². The fourth-order valence-electron chi connectivity index (χ4n) is 4.15. The summed E-state index contributed by atoms with van der Waals surface area (Å²) in [5.41, 5.74) is 1.65. The number of rotatable bonds is 0. The summed E-state index contributed by atoms with van der Waals surface area (Å²) in [5, 5.41) is 18.1. The maximum Gasteiger partial charge on any atom is 0.129 e. The molecule has 0 N–H and O–H groups in total. The second-order valence-electron chi connectivity index (χ2n) is 5.37. The van der Waals surface area contributed by atoms with Gasteiger partial charge in [0.1, 0.15) is 17.7 Å². The van der Waals surface area contributed by atoms with E-state index in [4.69, 9.17) is 10.5 Å². The Bertz CT molecular complexity index is 424. The largest absolute Gasteiger partial charge is 0.192 e. The van der Waals surface area contributed by atoms with Gasteiger partial charge in [-0.3, -0.25) is 0 Å². The lowest BCUT2D eigenvalue weighted by Crippen LogP contribution is -2.47. The fourth-order valence-corrected chi connectivity index (χ4v) is 5.42. The highest BCUT2D eigenvalue weighted by molar-refractivity contribution is 14.1. The van der Waals surface area contributed by atoms with Gasteiger partial charge < -0.3 is 0 Å². The minimum atomic E-state index is 0.426. The Labute approximate surface area is 109 Å². The predicted molar refractivity (Wildman–Crippen MR) is 68.5 cm³/mol. The van der Waals surface area contributed by atoms with Gasteiger partial charge in [0.25, 0.3) is 0 Å². The highest BCUT2D eigenvalue weighted by atomic mass is 127. The molecule has 4 aliphatic rings. The second-order valence-corrected chi connectivity index (χ2v) is 6.81. The van der Waals surface area contributed by atoms with Gasteiger partial charge in [0.2, 0.25) is 0 Å². The number of hydrogen-bond acceptors (Lipinski definition) is 2. The predicted octanol–water partition coefficient (Wildman–Crippen LogP) is 3.20. The first-order chi connectivity index (χ1) is 7.74. The Balaban J connectivity index is 2.07. The molecule has 0 aromatic rings. The van der Waals surface area contributed by atoms with E-state index in [2.05, 4.69) is 34.7 Å². The summed E-state index contributed by atoms with van der Waals surface area (Å²) in [4.78, 5) is 0. The number of halogens is 1. The first kappa shape index (κ1) is 10.6. The standard InChI is InChI=1S/C13H13IN2/c14-13-9-2-7-1-8(4-9)12(11(13)3-7)10(5-15)6-16/h7-9,11,13H,1-4H2/t7?,8?,9?,11?,13-/m1/s1. The van der Waals surface area contributed by atoms with Crippen LogP contribution in [0.5, 0.6) is 0 Å². The molecule has 0 amide bonds. The van der Waals surface area contributed by atoms with Crippen LogP contribution in [0.15, 0.2) is 11.1 Å². The van der Waals surface area contributed by atoms with Crippen molar-refractivity contribution in [3.8, 4) is 12.1 Å². The van der Waals surface area contributed by atoms with Crippen molar-refractivity contribution in [2.45, 2.75) is 29.6 Å². The molecule has 2 nitrogen and oxygen atoms in total. The third kappa shape index (κ3) is 1.34. The van der Waals surface area contributed by atoms with E-state index in [0.29, 0.717) is 21.3 Å². The molecule has 4 rings (SSSR count). The lowest BCUT2D eigenvalue weighted by Gasteiger charge is -2.54. The second kappa shape index (κ2) is 3.74. The van der Waals surface area contributed by atoms with Crippen LogP contribution in [0.3, 0.4) is 0 Å². The van der Waals surface area contributed by atoms with Gasteiger partial charge >= 0.3 is 0 Å². The van der Waals surface area contributed by atoms with Crippen LogP contribution in [0.1, 0.15) is 25.7 Å². The minimum absolute atomic E-state index is 0.426. The van der Waals surface area contributed by atoms with Gasteiger partial charge in [0, 0.05) is 3.92 Å². The molecule has 16 heavy (non-hydrogen) atoms. The third-order valence-electron chi connectivity index (χ3n) is 4.61. The maximum absolute atomic E-state index is 9.06. The van der Waals surface area contributed by atoms with Gasteiger partial charge in [-0.2, -0.15) is 10.5 Å². The molecular weight excluding hydrogens is 311 g/mol. The highest BCUT2D eigenvalue weighted by Gasteiger charge is 2.50. The van der Waals surface area contributed by atoms with E-state index in [1.54, 1.807) is 0 Å². The number of alkyl halides is 1. The molecule has 3 heteroatoms. The summed E-state index contributed by atoms with van der Waals surface area (Å²) in [6.07, 6.45) is 5.08. The lowest BCUT2D eigenvalue weighted by molar-refractivity contribution is 0.0817. The first-order valence-electron chi connectivity index (χ1n) is 5.93. The molecule has 82 valence electrons. The van der Waals surface area contributed by atoms with Gasteiger partial charge in [-0.25, -0.2) is 0 Å². The molecule has 0 radical (unpaired) electrons. The average molecular weight is 324 g/mol. The normalized spacial score (nSPS) is 43.9. The van der Waals surface area contributed by atoms with Crippen LogP contribution in [-0.2, 0) is 0 Å². The average Bonchev–Trinajstić information content (AvgIpc) is 2.29. The molecule has 4 fully saturated rings. The third-order valence-corrected chi connectivity index (χ3v) is 6.50. The monoisotopic (exact) mass is 324 g/mol. The molecule has 0 aliphatic heterocycles. The van der Waals surface area contributed by atoms with Crippen molar-refractivity contribution in [3.05, 3.63) is 11.1 Å². The zero-order valence-electron chi connectivity index (χ0n) is 8.99. The van der Waals surface area contributed by atoms with E-state index in [-0.39, 0.29) is 0 Å². The molecule has 4 saturated carbocycles. The lowest BCUT2D eigenvalue weighted by atomic mass is 9.53. The number of nitrogens with zero attached hydrogens (tertiary/aromatic N) is 2. The summed E-state index contributed by atoms with van der Waals surface area (Å²) in [5.74, 6) is 2.82. The van der Waals surface area contributed by atoms with Gasteiger partial charge in [-0.1, -0.05) is 22.6 Å². The molecule has 4 aliphatic carbocycles. The van der Waals surface area contributed by atoms with Gasteiger partial charge in [-0.05, 0) is 54.9 Å². The smallest absolute Gasteiger partial charge is 0.129 e. The quantitative estimate of drug-likeness (QED) is 0.390. The van der Waals surface area contributed by atoms with E-state index < -0.39 is 0 Å². The van der Waals surface area contributed by atoms with Crippen LogP contribution in [0.25, 0.3) is 0 Å². The summed E-state index contributed by atoms with van der Waals surface area (Å²) in [6.45, 7) is 0. The highest BCUT2D eigenvalue weighted by Crippen LogP contribution is 2.59. The van der Waals surface area contributed by atoms with Crippen LogP contribution >= 0.6 is 22.6 Å². The summed E-state index contributed by atoms with van der Waals surface area (Å²) >= 11 is 2.55. The molecule has 4 unspecified atom stereocenters. The van der Waals surface area contributed by atoms with Crippen molar-refractivity contribution >= 4 is 22.6 Å². The summed E-state index contributed by atoms with van der Waals surface area (Å²) < 4.78 is 0.664. The van der Waals surface area contributed by atoms with E-state index in [1.165, 1.54) is 31.3 Å². The summed E-state index contributed by atoms with van der Waals surface area (Å²) in [7, 11) is 0. The first-order valence-corrected chi connectivity index (χ1v) is 7.17. The number of nitriles is 2. The van der Waals surface area contributed by atoms with Gasteiger partial charge in [0.15, 0.2) is 0 Å². The van der Waals surface area contributed by atoms with Crippen molar-refractivity contribution in [3.63, 3.8) is 0 Å². The van der Waals surface area contributed by atoms with Crippen LogP contribution in [-0.4, -0.2) is 3.92 Å².